The Morgan fingerprint density at radius 3 is 2.41 bits per heavy atom. The van der Waals surface area contributed by atoms with E-state index < -0.39 is 0 Å². The van der Waals surface area contributed by atoms with Crippen LogP contribution in [0.4, 0.5) is 0 Å². The van der Waals surface area contributed by atoms with E-state index in [4.69, 9.17) is 23.2 Å². The third-order valence-electron chi connectivity index (χ3n) is 5.62. The maximum absolute atomic E-state index is 12.8. The summed E-state index contributed by atoms with van der Waals surface area (Å²) >= 11 is 12.6. The number of amides is 1. The fourth-order valence-electron chi connectivity index (χ4n) is 3.69. The summed E-state index contributed by atoms with van der Waals surface area (Å²) in [6, 6.07) is 14.2. The highest BCUT2D eigenvalue weighted by Gasteiger charge is 2.29. The van der Waals surface area contributed by atoms with Gasteiger partial charge in [-0.2, -0.15) is 5.10 Å². The summed E-state index contributed by atoms with van der Waals surface area (Å²) in [4.78, 5) is 12.8. The Bertz CT molecular complexity index is 1100. The molecule has 4 nitrogen and oxygen atoms in total. The molecular formula is C23H21Cl2N3O. The molecule has 1 N–H and O–H groups in total. The molecule has 2 aromatic carbocycles. The molecular weight excluding hydrogens is 405 g/mol. The Morgan fingerprint density at radius 2 is 1.79 bits per heavy atom. The zero-order valence-corrected chi connectivity index (χ0v) is 17.6. The van der Waals surface area contributed by atoms with Gasteiger partial charge in [0.2, 0.25) is 0 Å². The second kappa shape index (κ2) is 7.19. The van der Waals surface area contributed by atoms with Gasteiger partial charge in [0.1, 0.15) is 0 Å². The number of carbonyl (C=O) groups is 1. The fourth-order valence-corrected chi connectivity index (χ4v) is 4.18. The number of hydrogen-bond acceptors (Lipinski definition) is 2. The van der Waals surface area contributed by atoms with Crippen LogP contribution in [-0.4, -0.2) is 21.7 Å². The SMILES string of the molecule is Cc1c(C(=O)NC2CC2)nn(-c2ccc(Cl)cc2Cl)c1-c1ccc(C2CC2)cc1. The monoisotopic (exact) mass is 425 g/mol. The number of aromatic nitrogens is 2. The summed E-state index contributed by atoms with van der Waals surface area (Å²) < 4.78 is 1.77. The van der Waals surface area contributed by atoms with Crippen LogP contribution in [0.15, 0.2) is 42.5 Å². The van der Waals surface area contributed by atoms with Crippen molar-refractivity contribution < 1.29 is 4.79 Å². The van der Waals surface area contributed by atoms with E-state index in [9.17, 15) is 4.79 Å². The van der Waals surface area contributed by atoms with Crippen molar-refractivity contribution in [3.8, 4) is 16.9 Å². The van der Waals surface area contributed by atoms with Crippen molar-refractivity contribution in [1.82, 2.24) is 15.1 Å². The first kappa shape index (κ1) is 18.7. The molecule has 148 valence electrons. The summed E-state index contributed by atoms with van der Waals surface area (Å²) in [6.07, 6.45) is 4.60. The third-order valence-corrected chi connectivity index (χ3v) is 6.16. The molecule has 29 heavy (non-hydrogen) atoms. The molecule has 0 bridgehead atoms. The highest BCUT2D eigenvalue weighted by molar-refractivity contribution is 6.35. The van der Waals surface area contributed by atoms with Gasteiger partial charge in [-0.05, 0) is 62.3 Å². The highest BCUT2D eigenvalue weighted by Crippen LogP contribution is 2.41. The molecule has 0 spiro atoms. The molecule has 0 unspecified atom stereocenters. The highest BCUT2D eigenvalue weighted by atomic mass is 35.5. The van der Waals surface area contributed by atoms with E-state index in [1.165, 1.54) is 18.4 Å². The summed E-state index contributed by atoms with van der Waals surface area (Å²) in [5.74, 6) is 0.560. The molecule has 0 aliphatic heterocycles. The average Bonchev–Trinajstić information content (AvgIpc) is 3.61. The van der Waals surface area contributed by atoms with Crippen LogP contribution >= 0.6 is 23.2 Å². The van der Waals surface area contributed by atoms with Gasteiger partial charge in [-0.15, -0.1) is 0 Å². The van der Waals surface area contributed by atoms with Crippen molar-refractivity contribution in [3.63, 3.8) is 0 Å². The predicted octanol–water partition coefficient (Wildman–Crippen LogP) is 5.92. The lowest BCUT2D eigenvalue weighted by molar-refractivity contribution is 0.0945. The molecule has 0 atom stereocenters. The van der Waals surface area contributed by atoms with Gasteiger partial charge in [0.05, 0.1) is 16.4 Å². The van der Waals surface area contributed by atoms with E-state index in [0.717, 1.165) is 29.7 Å². The van der Waals surface area contributed by atoms with Crippen molar-refractivity contribution in [2.45, 2.75) is 44.6 Å². The minimum absolute atomic E-state index is 0.135. The van der Waals surface area contributed by atoms with Crippen molar-refractivity contribution in [2.24, 2.45) is 0 Å². The summed E-state index contributed by atoms with van der Waals surface area (Å²) in [5, 5.41) is 8.77. The molecule has 3 aromatic rings. The summed E-state index contributed by atoms with van der Waals surface area (Å²) in [5.41, 5.74) is 5.23. The normalized spacial score (nSPS) is 16.1. The smallest absolute Gasteiger partial charge is 0.272 e. The Balaban J connectivity index is 1.63. The van der Waals surface area contributed by atoms with Gasteiger partial charge in [-0.1, -0.05) is 47.5 Å². The molecule has 2 aliphatic carbocycles. The first-order valence-electron chi connectivity index (χ1n) is 9.97. The number of nitrogens with zero attached hydrogens (tertiary/aromatic N) is 2. The molecule has 1 amide bonds. The Labute approximate surface area is 179 Å². The van der Waals surface area contributed by atoms with Gasteiger partial charge in [0.15, 0.2) is 5.69 Å². The van der Waals surface area contributed by atoms with E-state index in [-0.39, 0.29) is 11.9 Å². The number of halogens is 2. The zero-order valence-electron chi connectivity index (χ0n) is 16.1. The average molecular weight is 426 g/mol. The maximum atomic E-state index is 12.8. The standard InChI is InChI=1S/C23H21Cl2N3O/c1-13-21(23(29)26-18-9-10-18)27-28(20-11-8-17(24)12-19(20)25)22(13)16-6-4-15(5-7-16)14-2-3-14/h4-8,11-12,14,18H,2-3,9-10H2,1H3,(H,26,29). The molecule has 0 radical (unpaired) electrons. The van der Waals surface area contributed by atoms with Crippen molar-refractivity contribution in [1.29, 1.82) is 0 Å². The number of benzene rings is 2. The maximum Gasteiger partial charge on any atom is 0.272 e. The van der Waals surface area contributed by atoms with Gasteiger partial charge >= 0.3 is 0 Å². The van der Waals surface area contributed by atoms with Crippen LogP contribution < -0.4 is 5.32 Å². The molecule has 6 heteroatoms. The molecule has 2 aliphatic rings. The topological polar surface area (TPSA) is 46.9 Å². The quantitative estimate of drug-likeness (QED) is 0.550. The van der Waals surface area contributed by atoms with Crippen LogP contribution in [0.5, 0.6) is 0 Å². The first-order valence-corrected chi connectivity index (χ1v) is 10.7. The predicted molar refractivity (Wildman–Crippen MR) is 116 cm³/mol. The molecule has 2 saturated carbocycles. The largest absolute Gasteiger partial charge is 0.348 e. The third kappa shape index (κ3) is 3.67. The van der Waals surface area contributed by atoms with E-state index in [1.807, 2.05) is 13.0 Å². The van der Waals surface area contributed by atoms with Gasteiger partial charge in [-0.3, -0.25) is 4.79 Å². The van der Waals surface area contributed by atoms with Gasteiger partial charge < -0.3 is 5.32 Å². The lowest BCUT2D eigenvalue weighted by Crippen LogP contribution is -2.26. The Morgan fingerprint density at radius 1 is 1.07 bits per heavy atom. The second-order valence-corrected chi connectivity index (χ2v) is 8.82. The lowest BCUT2D eigenvalue weighted by Gasteiger charge is -2.11. The fraction of sp³-hybridized carbons (Fsp3) is 0.304. The number of nitrogens with one attached hydrogen (secondary N) is 1. The zero-order chi connectivity index (χ0) is 20.1. The number of hydrogen-bond donors (Lipinski definition) is 1. The van der Waals surface area contributed by atoms with Crippen molar-refractivity contribution >= 4 is 29.1 Å². The van der Waals surface area contributed by atoms with E-state index in [2.05, 4.69) is 34.7 Å². The van der Waals surface area contributed by atoms with Crippen LogP contribution in [0.1, 0.15) is 53.2 Å². The molecule has 1 heterocycles. The minimum Gasteiger partial charge on any atom is -0.348 e. The van der Waals surface area contributed by atoms with E-state index in [0.29, 0.717) is 27.3 Å². The van der Waals surface area contributed by atoms with Crippen LogP contribution in [0, 0.1) is 6.92 Å². The van der Waals surface area contributed by atoms with Crippen LogP contribution in [0.2, 0.25) is 10.0 Å². The van der Waals surface area contributed by atoms with Crippen LogP contribution in [0.25, 0.3) is 16.9 Å². The van der Waals surface area contributed by atoms with E-state index >= 15 is 0 Å². The summed E-state index contributed by atoms with van der Waals surface area (Å²) in [7, 11) is 0. The van der Waals surface area contributed by atoms with E-state index in [1.54, 1.807) is 16.8 Å². The number of carbonyl (C=O) groups excluding carboxylic acids is 1. The Kier molecular flexibility index (Phi) is 4.64. The van der Waals surface area contributed by atoms with Crippen molar-refractivity contribution in [3.05, 3.63) is 69.3 Å². The Hall–Kier alpha value is -2.30. The van der Waals surface area contributed by atoms with Crippen LogP contribution in [0.3, 0.4) is 0 Å². The van der Waals surface area contributed by atoms with Crippen LogP contribution in [-0.2, 0) is 0 Å². The molecule has 0 saturated heterocycles. The van der Waals surface area contributed by atoms with Gasteiger partial charge in [0.25, 0.3) is 5.91 Å². The minimum atomic E-state index is -0.135. The first-order chi connectivity index (χ1) is 14.0. The van der Waals surface area contributed by atoms with Gasteiger partial charge in [-0.25, -0.2) is 4.68 Å². The van der Waals surface area contributed by atoms with Crippen molar-refractivity contribution in [2.75, 3.05) is 0 Å². The lowest BCUT2D eigenvalue weighted by atomic mass is 10.0. The van der Waals surface area contributed by atoms with Gasteiger partial charge in [0, 0.05) is 22.2 Å². The molecule has 1 aromatic heterocycles. The summed E-state index contributed by atoms with van der Waals surface area (Å²) in [6.45, 7) is 1.94. The number of rotatable bonds is 5. The molecule has 5 rings (SSSR count). The molecule has 2 fully saturated rings. The second-order valence-electron chi connectivity index (χ2n) is 7.97.